The van der Waals surface area contributed by atoms with Gasteiger partial charge in [0.05, 0.1) is 16.7 Å². The van der Waals surface area contributed by atoms with Crippen molar-refractivity contribution >= 4 is 11.5 Å². The van der Waals surface area contributed by atoms with E-state index in [-0.39, 0.29) is 6.10 Å². The van der Waals surface area contributed by atoms with Gasteiger partial charge in [-0.3, -0.25) is 0 Å². The minimum atomic E-state index is -0.607. The van der Waals surface area contributed by atoms with Gasteiger partial charge in [-0.15, -0.1) is 0 Å². The summed E-state index contributed by atoms with van der Waals surface area (Å²) in [5, 5.41) is 10.2. The lowest BCUT2D eigenvalue weighted by Crippen LogP contribution is -2.05. The van der Waals surface area contributed by atoms with Gasteiger partial charge in [0, 0.05) is 0 Å². The van der Waals surface area contributed by atoms with Gasteiger partial charge in [-0.05, 0) is 56.1 Å². The van der Waals surface area contributed by atoms with Crippen LogP contribution in [0.15, 0.2) is 30.3 Å². The van der Waals surface area contributed by atoms with Crippen LogP contribution < -0.4 is 4.74 Å². The summed E-state index contributed by atoms with van der Waals surface area (Å²) in [5.74, 6) is 0.821. The zero-order chi connectivity index (χ0) is 13.1. The van der Waals surface area contributed by atoms with Gasteiger partial charge in [-0.1, -0.05) is 12.1 Å². The highest BCUT2D eigenvalue weighted by Crippen LogP contribution is 2.27. The lowest BCUT2D eigenvalue weighted by atomic mass is 10.1. The van der Waals surface area contributed by atoms with E-state index >= 15 is 0 Å². The summed E-state index contributed by atoms with van der Waals surface area (Å²) in [6, 6.07) is 9.45. The van der Waals surface area contributed by atoms with Crippen molar-refractivity contribution in [1.82, 2.24) is 4.37 Å². The molecule has 0 unspecified atom stereocenters. The SMILES string of the molecule is Cc1cc([C@H](O)c2ccc(OC(C)C)cc2)sn1. The lowest BCUT2D eigenvalue weighted by Gasteiger charge is -2.12. The lowest BCUT2D eigenvalue weighted by molar-refractivity contribution is 0.223. The number of aryl methyl sites for hydroxylation is 1. The minimum absolute atomic E-state index is 0.157. The van der Waals surface area contributed by atoms with Crippen LogP contribution >= 0.6 is 11.5 Å². The van der Waals surface area contributed by atoms with Crippen molar-refractivity contribution in [2.45, 2.75) is 33.0 Å². The van der Waals surface area contributed by atoms with Crippen molar-refractivity contribution in [3.05, 3.63) is 46.5 Å². The van der Waals surface area contributed by atoms with Crippen LogP contribution in [-0.2, 0) is 0 Å². The normalized spacial score (nSPS) is 12.7. The van der Waals surface area contributed by atoms with Crippen molar-refractivity contribution in [3.8, 4) is 5.75 Å². The molecule has 0 saturated heterocycles. The van der Waals surface area contributed by atoms with Crippen LogP contribution in [0, 0.1) is 6.92 Å². The molecule has 0 aliphatic heterocycles. The fourth-order valence-electron chi connectivity index (χ4n) is 1.68. The summed E-state index contributed by atoms with van der Waals surface area (Å²) in [4.78, 5) is 0.866. The molecule has 0 fully saturated rings. The molecule has 1 heterocycles. The highest BCUT2D eigenvalue weighted by atomic mass is 32.1. The molecule has 1 aromatic heterocycles. The van der Waals surface area contributed by atoms with Crippen LogP contribution in [0.4, 0.5) is 0 Å². The maximum Gasteiger partial charge on any atom is 0.119 e. The van der Waals surface area contributed by atoms with E-state index < -0.39 is 6.10 Å². The molecule has 2 aromatic rings. The Labute approximate surface area is 111 Å². The quantitative estimate of drug-likeness (QED) is 0.920. The number of hydrogen-bond donors (Lipinski definition) is 1. The molecule has 1 aromatic carbocycles. The van der Waals surface area contributed by atoms with Gasteiger partial charge in [0.2, 0.25) is 0 Å². The first-order valence-corrected chi connectivity index (χ1v) is 6.71. The number of aliphatic hydroxyl groups excluding tert-OH is 1. The van der Waals surface area contributed by atoms with Gasteiger partial charge >= 0.3 is 0 Å². The first kappa shape index (κ1) is 13.1. The Balaban J connectivity index is 2.14. The van der Waals surface area contributed by atoms with Gasteiger partial charge in [-0.25, -0.2) is 0 Å². The maximum absolute atomic E-state index is 10.2. The molecule has 96 valence electrons. The van der Waals surface area contributed by atoms with Crippen LogP contribution in [0.2, 0.25) is 0 Å². The van der Waals surface area contributed by atoms with Crippen molar-refractivity contribution in [1.29, 1.82) is 0 Å². The van der Waals surface area contributed by atoms with Crippen molar-refractivity contribution in [2.24, 2.45) is 0 Å². The molecular weight excluding hydrogens is 246 g/mol. The highest BCUT2D eigenvalue weighted by molar-refractivity contribution is 7.05. The molecule has 4 heteroatoms. The second kappa shape index (κ2) is 5.50. The molecular formula is C14H17NO2S. The molecule has 0 aliphatic rings. The summed E-state index contributed by atoms with van der Waals surface area (Å²) in [6.45, 7) is 5.90. The number of aromatic nitrogens is 1. The zero-order valence-corrected chi connectivity index (χ0v) is 11.6. The number of aliphatic hydroxyl groups is 1. The topological polar surface area (TPSA) is 42.4 Å². The van der Waals surface area contributed by atoms with E-state index in [2.05, 4.69) is 4.37 Å². The molecule has 2 rings (SSSR count). The summed E-state index contributed by atoms with van der Waals surface area (Å²) in [5.41, 5.74) is 1.79. The molecule has 0 radical (unpaired) electrons. The molecule has 0 amide bonds. The minimum Gasteiger partial charge on any atom is -0.491 e. The standard InChI is InChI=1S/C14H17NO2S/c1-9(2)17-12-6-4-11(5-7-12)14(16)13-8-10(3)15-18-13/h4-9,14,16H,1-3H3/t14-/m1/s1. The Hall–Kier alpha value is -1.39. The molecule has 0 spiro atoms. The summed E-state index contributed by atoms with van der Waals surface area (Å²) in [7, 11) is 0. The average Bonchev–Trinajstić information content (AvgIpc) is 2.75. The second-order valence-electron chi connectivity index (χ2n) is 4.51. The van der Waals surface area contributed by atoms with E-state index in [4.69, 9.17) is 4.74 Å². The Morgan fingerprint density at radius 2 is 1.89 bits per heavy atom. The van der Waals surface area contributed by atoms with E-state index in [1.54, 1.807) is 0 Å². The molecule has 1 atom stereocenters. The third-order valence-electron chi connectivity index (χ3n) is 2.48. The Morgan fingerprint density at radius 3 is 2.39 bits per heavy atom. The summed E-state index contributed by atoms with van der Waals surface area (Å²) >= 11 is 1.34. The first-order chi connectivity index (χ1) is 8.56. The maximum atomic E-state index is 10.2. The Morgan fingerprint density at radius 1 is 1.22 bits per heavy atom. The third-order valence-corrected chi connectivity index (χ3v) is 3.41. The van der Waals surface area contributed by atoms with Crippen LogP contribution in [0.25, 0.3) is 0 Å². The van der Waals surface area contributed by atoms with Crippen molar-refractivity contribution in [2.75, 3.05) is 0 Å². The Bertz CT molecular complexity index is 505. The predicted octanol–water partition coefficient (Wildman–Crippen LogP) is 3.32. The molecule has 18 heavy (non-hydrogen) atoms. The summed E-state index contributed by atoms with van der Waals surface area (Å²) < 4.78 is 9.74. The third kappa shape index (κ3) is 3.09. The van der Waals surface area contributed by atoms with Crippen LogP contribution in [0.3, 0.4) is 0 Å². The fraction of sp³-hybridized carbons (Fsp3) is 0.357. The molecule has 1 N–H and O–H groups in total. The monoisotopic (exact) mass is 263 g/mol. The van der Waals surface area contributed by atoms with Crippen LogP contribution in [0.5, 0.6) is 5.75 Å². The second-order valence-corrected chi connectivity index (χ2v) is 5.35. The van der Waals surface area contributed by atoms with E-state index in [1.165, 1.54) is 11.5 Å². The van der Waals surface area contributed by atoms with Crippen molar-refractivity contribution in [3.63, 3.8) is 0 Å². The summed E-state index contributed by atoms with van der Waals surface area (Å²) in [6.07, 6.45) is -0.450. The largest absolute Gasteiger partial charge is 0.491 e. The van der Waals surface area contributed by atoms with Gasteiger partial charge in [0.1, 0.15) is 11.9 Å². The predicted molar refractivity (Wildman–Crippen MR) is 73.1 cm³/mol. The van der Waals surface area contributed by atoms with E-state index in [9.17, 15) is 5.11 Å². The molecule has 3 nitrogen and oxygen atoms in total. The first-order valence-electron chi connectivity index (χ1n) is 5.94. The number of hydrogen-bond acceptors (Lipinski definition) is 4. The van der Waals surface area contributed by atoms with Gasteiger partial charge in [-0.2, -0.15) is 4.37 Å². The number of benzene rings is 1. The number of ether oxygens (including phenoxy) is 1. The molecule has 0 aliphatic carbocycles. The smallest absolute Gasteiger partial charge is 0.119 e. The van der Waals surface area contributed by atoms with E-state index in [0.29, 0.717) is 0 Å². The average molecular weight is 263 g/mol. The van der Waals surface area contributed by atoms with E-state index in [0.717, 1.165) is 21.9 Å². The van der Waals surface area contributed by atoms with Crippen LogP contribution in [-0.4, -0.2) is 15.6 Å². The zero-order valence-electron chi connectivity index (χ0n) is 10.8. The van der Waals surface area contributed by atoms with Gasteiger partial charge in [0.25, 0.3) is 0 Å². The Kier molecular flexibility index (Phi) is 3.99. The van der Waals surface area contributed by atoms with E-state index in [1.807, 2.05) is 51.1 Å². The van der Waals surface area contributed by atoms with Gasteiger partial charge < -0.3 is 9.84 Å². The van der Waals surface area contributed by atoms with Crippen molar-refractivity contribution < 1.29 is 9.84 Å². The van der Waals surface area contributed by atoms with Crippen LogP contribution in [0.1, 0.15) is 36.1 Å². The molecule has 0 bridgehead atoms. The molecule has 0 saturated carbocycles. The highest BCUT2D eigenvalue weighted by Gasteiger charge is 2.13. The van der Waals surface area contributed by atoms with Gasteiger partial charge in [0.15, 0.2) is 0 Å². The fourth-order valence-corrected chi connectivity index (χ4v) is 2.44. The number of nitrogens with zero attached hydrogens (tertiary/aromatic N) is 1. The number of rotatable bonds is 4.